The first-order chi connectivity index (χ1) is 8.49. The number of aryl methyl sites for hydroxylation is 1. The van der Waals surface area contributed by atoms with Crippen molar-refractivity contribution in [3.63, 3.8) is 0 Å². The minimum Gasteiger partial charge on any atom is -0.480 e. The lowest BCUT2D eigenvalue weighted by Gasteiger charge is -2.12. The molecule has 98 valence electrons. The zero-order valence-corrected chi connectivity index (χ0v) is 9.44. The van der Waals surface area contributed by atoms with Crippen molar-refractivity contribution in [2.75, 3.05) is 0 Å². The van der Waals surface area contributed by atoms with Crippen LogP contribution in [0.4, 0.5) is 0 Å². The molecule has 0 aliphatic rings. The number of carboxylic acid groups (broad SMARTS) is 1. The number of hydrogen-bond acceptors (Lipinski definition) is 5. The first-order valence-electron chi connectivity index (χ1n) is 5.13. The van der Waals surface area contributed by atoms with Crippen LogP contribution in [0, 0.1) is 0 Å². The fraction of sp³-hybridized carbons (Fsp3) is 0.444. The Morgan fingerprint density at radius 1 is 1.44 bits per heavy atom. The van der Waals surface area contributed by atoms with E-state index >= 15 is 0 Å². The predicted octanol–water partition coefficient (Wildman–Crippen LogP) is -1.89. The van der Waals surface area contributed by atoms with Crippen LogP contribution < -0.4 is 11.1 Å². The highest BCUT2D eigenvalue weighted by Gasteiger charge is 2.21. The summed E-state index contributed by atoms with van der Waals surface area (Å²) in [5.41, 5.74) is 4.88. The second kappa shape index (κ2) is 6.33. The largest absolute Gasteiger partial charge is 0.480 e. The summed E-state index contributed by atoms with van der Waals surface area (Å²) in [5.74, 6) is -2.60. The number of nitrogens with zero attached hydrogens (tertiary/aromatic N) is 3. The maximum atomic E-state index is 11.4. The van der Waals surface area contributed by atoms with E-state index in [1.807, 2.05) is 0 Å². The van der Waals surface area contributed by atoms with Gasteiger partial charge >= 0.3 is 5.97 Å². The Morgan fingerprint density at radius 2 is 2.17 bits per heavy atom. The molecule has 1 aromatic heterocycles. The third-order valence-electron chi connectivity index (χ3n) is 2.08. The molecule has 0 aliphatic carbocycles. The number of nitrogens with one attached hydrogen (secondary N) is 1. The molecule has 9 heteroatoms. The summed E-state index contributed by atoms with van der Waals surface area (Å²) < 4.78 is 1.43. The van der Waals surface area contributed by atoms with E-state index < -0.39 is 30.2 Å². The lowest BCUT2D eigenvalue weighted by molar-refractivity contribution is -0.143. The zero-order valence-electron chi connectivity index (χ0n) is 9.44. The minimum atomic E-state index is -1.30. The number of primary amides is 1. The van der Waals surface area contributed by atoms with Crippen LogP contribution in [0.15, 0.2) is 12.4 Å². The Bertz CT molecular complexity index is 430. The van der Waals surface area contributed by atoms with Crippen LogP contribution in [0.2, 0.25) is 0 Å². The summed E-state index contributed by atoms with van der Waals surface area (Å²) in [6, 6.07) is -1.30. The van der Waals surface area contributed by atoms with Gasteiger partial charge in [-0.25, -0.2) is 4.79 Å². The van der Waals surface area contributed by atoms with E-state index in [0.29, 0.717) is 0 Å². The fourth-order valence-corrected chi connectivity index (χ4v) is 1.24. The summed E-state index contributed by atoms with van der Waals surface area (Å²) in [4.78, 5) is 32.8. The number of carboxylic acids is 1. The second-order valence-corrected chi connectivity index (χ2v) is 3.54. The predicted molar refractivity (Wildman–Crippen MR) is 58.0 cm³/mol. The average Bonchev–Trinajstić information content (AvgIpc) is 2.77. The maximum Gasteiger partial charge on any atom is 0.326 e. The second-order valence-electron chi connectivity index (χ2n) is 3.54. The molecule has 1 heterocycles. The topological polar surface area (TPSA) is 140 Å². The summed E-state index contributed by atoms with van der Waals surface area (Å²) in [6.45, 7) is 0.273. The summed E-state index contributed by atoms with van der Waals surface area (Å²) in [5, 5.41) is 18.2. The number of aromatic nitrogens is 3. The van der Waals surface area contributed by atoms with E-state index in [1.165, 1.54) is 10.9 Å². The van der Waals surface area contributed by atoms with Gasteiger partial charge in [0.25, 0.3) is 0 Å². The normalized spacial score (nSPS) is 11.8. The number of carbonyl (C=O) groups is 3. The number of nitrogens with two attached hydrogens (primary N) is 1. The zero-order chi connectivity index (χ0) is 13.5. The number of aliphatic carboxylic acids is 1. The minimum absolute atomic E-state index is 0.0336. The molecular formula is C9H13N5O4. The van der Waals surface area contributed by atoms with E-state index in [4.69, 9.17) is 10.8 Å². The van der Waals surface area contributed by atoms with Crippen LogP contribution in [0.5, 0.6) is 0 Å². The third-order valence-corrected chi connectivity index (χ3v) is 2.08. The molecule has 0 saturated heterocycles. The molecule has 0 aromatic carbocycles. The molecule has 0 aliphatic heterocycles. The molecule has 1 aromatic rings. The van der Waals surface area contributed by atoms with Gasteiger partial charge in [0.05, 0.1) is 19.2 Å². The molecule has 0 spiro atoms. The molecule has 9 nitrogen and oxygen atoms in total. The Morgan fingerprint density at radius 3 is 2.67 bits per heavy atom. The van der Waals surface area contributed by atoms with Crippen molar-refractivity contribution in [3.05, 3.63) is 12.4 Å². The van der Waals surface area contributed by atoms with Crippen molar-refractivity contribution in [2.45, 2.75) is 25.4 Å². The van der Waals surface area contributed by atoms with Gasteiger partial charge in [0.1, 0.15) is 6.04 Å². The van der Waals surface area contributed by atoms with Gasteiger partial charge in [0.2, 0.25) is 11.8 Å². The third kappa shape index (κ3) is 4.60. The lowest BCUT2D eigenvalue weighted by Crippen LogP contribution is -2.43. The monoisotopic (exact) mass is 255 g/mol. The number of amides is 2. The smallest absolute Gasteiger partial charge is 0.326 e. The van der Waals surface area contributed by atoms with Crippen molar-refractivity contribution in [1.29, 1.82) is 0 Å². The lowest BCUT2D eigenvalue weighted by atomic mass is 10.2. The highest BCUT2D eigenvalue weighted by atomic mass is 16.4. The Balaban J connectivity index is 2.41. The highest BCUT2D eigenvalue weighted by Crippen LogP contribution is 1.94. The molecule has 0 fully saturated rings. The molecule has 18 heavy (non-hydrogen) atoms. The Kier molecular flexibility index (Phi) is 4.78. The molecule has 0 unspecified atom stereocenters. The SMILES string of the molecule is NC(=O)C[C@@H](NC(=O)CCn1ccnn1)C(=O)O. The van der Waals surface area contributed by atoms with E-state index in [-0.39, 0.29) is 13.0 Å². The van der Waals surface area contributed by atoms with Crippen LogP contribution in [0.1, 0.15) is 12.8 Å². The van der Waals surface area contributed by atoms with E-state index in [0.717, 1.165) is 0 Å². The van der Waals surface area contributed by atoms with Crippen molar-refractivity contribution in [2.24, 2.45) is 5.73 Å². The summed E-state index contributed by atoms with van der Waals surface area (Å²) in [7, 11) is 0. The standard InChI is InChI=1S/C9H13N5O4/c10-7(15)5-6(9(17)18)12-8(16)1-3-14-4-2-11-13-14/h2,4,6H,1,3,5H2,(H2,10,15)(H,12,16)(H,17,18)/t6-/m1/s1. The van der Waals surface area contributed by atoms with Gasteiger partial charge in [-0.2, -0.15) is 0 Å². The van der Waals surface area contributed by atoms with Crippen molar-refractivity contribution >= 4 is 17.8 Å². The van der Waals surface area contributed by atoms with Crippen LogP contribution in [0.25, 0.3) is 0 Å². The highest BCUT2D eigenvalue weighted by molar-refractivity contribution is 5.88. The molecule has 2 amide bonds. The Labute approximate surface area is 102 Å². The molecule has 1 atom stereocenters. The maximum absolute atomic E-state index is 11.4. The molecular weight excluding hydrogens is 242 g/mol. The number of rotatable bonds is 7. The molecule has 4 N–H and O–H groups in total. The van der Waals surface area contributed by atoms with Gasteiger partial charge < -0.3 is 16.2 Å². The van der Waals surface area contributed by atoms with Crippen LogP contribution in [-0.2, 0) is 20.9 Å². The van der Waals surface area contributed by atoms with Gasteiger partial charge in [-0.15, -0.1) is 5.10 Å². The van der Waals surface area contributed by atoms with Gasteiger partial charge in [-0.1, -0.05) is 5.21 Å². The van der Waals surface area contributed by atoms with Crippen molar-refractivity contribution < 1.29 is 19.5 Å². The average molecular weight is 255 g/mol. The molecule has 0 bridgehead atoms. The first kappa shape index (κ1) is 13.6. The summed E-state index contributed by atoms with van der Waals surface area (Å²) >= 11 is 0. The molecule has 0 radical (unpaired) electrons. The number of carbonyl (C=O) groups excluding carboxylic acids is 2. The van der Waals surface area contributed by atoms with Crippen LogP contribution in [0.3, 0.4) is 0 Å². The number of hydrogen-bond donors (Lipinski definition) is 3. The van der Waals surface area contributed by atoms with Gasteiger partial charge in [-0.3, -0.25) is 14.3 Å². The van der Waals surface area contributed by atoms with Crippen LogP contribution >= 0.6 is 0 Å². The van der Waals surface area contributed by atoms with Gasteiger partial charge in [-0.05, 0) is 0 Å². The van der Waals surface area contributed by atoms with Crippen molar-refractivity contribution in [1.82, 2.24) is 20.3 Å². The summed E-state index contributed by atoms with van der Waals surface area (Å²) in [6.07, 6.45) is 2.63. The molecule has 0 saturated carbocycles. The van der Waals surface area contributed by atoms with Crippen molar-refractivity contribution in [3.8, 4) is 0 Å². The fourth-order valence-electron chi connectivity index (χ4n) is 1.24. The van der Waals surface area contributed by atoms with Crippen LogP contribution in [-0.4, -0.2) is 43.9 Å². The molecule has 1 rings (SSSR count). The van der Waals surface area contributed by atoms with E-state index in [9.17, 15) is 14.4 Å². The van der Waals surface area contributed by atoms with E-state index in [2.05, 4.69) is 15.6 Å². The Hall–Kier alpha value is -2.45. The van der Waals surface area contributed by atoms with Gasteiger partial charge in [0.15, 0.2) is 0 Å². The van der Waals surface area contributed by atoms with E-state index in [1.54, 1.807) is 6.20 Å². The quantitative estimate of drug-likeness (QED) is 0.520. The first-order valence-corrected chi connectivity index (χ1v) is 5.13. The van der Waals surface area contributed by atoms with Gasteiger partial charge in [0, 0.05) is 12.6 Å².